The molecule has 1 saturated carbocycles. The van der Waals surface area contributed by atoms with Crippen LogP contribution in [0.25, 0.3) is 0 Å². The maximum atomic E-state index is 11.5. The molecule has 1 aliphatic rings. The topological polar surface area (TPSA) is 108 Å². The lowest BCUT2D eigenvalue weighted by Gasteiger charge is -2.33. The van der Waals surface area contributed by atoms with E-state index in [-0.39, 0.29) is 19.0 Å². The number of likely N-dealkylation sites (N-methyl/N-ethyl adjacent to an activating group) is 1. The number of carboxylic acids is 1. The van der Waals surface area contributed by atoms with E-state index in [4.69, 9.17) is 0 Å². The second kappa shape index (κ2) is 6.96. The molecule has 7 nitrogen and oxygen atoms in total. The molecular weight excluding hydrogens is 250 g/mol. The maximum absolute atomic E-state index is 11.5. The summed E-state index contributed by atoms with van der Waals surface area (Å²) < 4.78 is 0. The van der Waals surface area contributed by atoms with Crippen LogP contribution in [0, 0.1) is 5.41 Å². The number of hydrogen-bond donors (Lipinski definition) is 4. The summed E-state index contributed by atoms with van der Waals surface area (Å²) in [7, 11) is 1.48. The van der Waals surface area contributed by atoms with Gasteiger partial charge in [0.25, 0.3) is 0 Å². The molecule has 1 rings (SSSR count). The Labute approximate surface area is 112 Å². The molecule has 0 saturated heterocycles. The van der Waals surface area contributed by atoms with Crippen molar-refractivity contribution in [3.63, 3.8) is 0 Å². The highest BCUT2D eigenvalue weighted by Gasteiger charge is 2.39. The number of urea groups is 1. The minimum Gasteiger partial charge on any atom is -0.481 e. The first-order valence-corrected chi connectivity index (χ1v) is 6.46. The zero-order valence-electron chi connectivity index (χ0n) is 11.1. The van der Waals surface area contributed by atoms with E-state index in [2.05, 4.69) is 16.0 Å². The van der Waals surface area contributed by atoms with E-state index < -0.39 is 17.4 Å². The van der Waals surface area contributed by atoms with Gasteiger partial charge in [-0.05, 0) is 12.8 Å². The van der Waals surface area contributed by atoms with Crippen molar-refractivity contribution < 1.29 is 19.5 Å². The first-order valence-electron chi connectivity index (χ1n) is 6.46. The average Bonchev–Trinajstić information content (AvgIpc) is 2.43. The number of carbonyl (C=O) groups excluding carboxylic acids is 2. The summed E-state index contributed by atoms with van der Waals surface area (Å²) in [5.41, 5.74) is -0.859. The summed E-state index contributed by atoms with van der Waals surface area (Å²) >= 11 is 0. The molecule has 0 atom stereocenters. The fourth-order valence-corrected chi connectivity index (χ4v) is 2.26. The molecule has 3 amide bonds. The Kier molecular flexibility index (Phi) is 5.59. The van der Waals surface area contributed by atoms with Crippen LogP contribution >= 0.6 is 0 Å². The van der Waals surface area contributed by atoms with Gasteiger partial charge in [0.05, 0.1) is 12.0 Å². The molecule has 0 aromatic carbocycles. The minimum absolute atomic E-state index is 0.0991. The zero-order chi connectivity index (χ0) is 14.3. The van der Waals surface area contributed by atoms with E-state index in [1.54, 1.807) is 0 Å². The highest BCUT2D eigenvalue weighted by molar-refractivity contribution is 5.84. The van der Waals surface area contributed by atoms with Gasteiger partial charge in [-0.25, -0.2) is 4.79 Å². The molecule has 0 heterocycles. The standard InChI is InChI=1S/C12H21N3O4/c1-13-9(16)7-14-11(19)15-8-12(10(17)18)5-3-2-4-6-12/h2-8H2,1H3,(H,13,16)(H,17,18)(H2,14,15,19). The van der Waals surface area contributed by atoms with Crippen molar-refractivity contribution in [3.05, 3.63) is 0 Å². The number of rotatable bonds is 5. The second-order valence-corrected chi connectivity index (χ2v) is 4.86. The summed E-state index contributed by atoms with van der Waals surface area (Å²) in [5.74, 6) is -1.17. The molecule has 19 heavy (non-hydrogen) atoms. The normalized spacial score (nSPS) is 17.3. The quantitative estimate of drug-likeness (QED) is 0.567. The predicted octanol–water partition coefficient (Wildman–Crippen LogP) is 0.0667. The molecule has 0 unspecified atom stereocenters. The van der Waals surface area contributed by atoms with Gasteiger partial charge < -0.3 is 21.1 Å². The van der Waals surface area contributed by atoms with E-state index in [1.165, 1.54) is 7.05 Å². The third-order valence-electron chi connectivity index (χ3n) is 3.54. The molecule has 1 aliphatic carbocycles. The van der Waals surface area contributed by atoms with Crippen molar-refractivity contribution in [1.82, 2.24) is 16.0 Å². The van der Waals surface area contributed by atoms with Crippen LogP contribution in [0.5, 0.6) is 0 Å². The number of amides is 3. The first-order chi connectivity index (χ1) is 9.00. The molecule has 0 radical (unpaired) electrons. The number of nitrogens with one attached hydrogen (secondary N) is 3. The number of carbonyl (C=O) groups is 3. The molecule has 1 fully saturated rings. The van der Waals surface area contributed by atoms with Gasteiger partial charge in [-0.15, -0.1) is 0 Å². The van der Waals surface area contributed by atoms with Crippen LogP contribution < -0.4 is 16.0 Å². The van der Waals surface area contributed by atoms with Crippen LogP contribution in [0.3, 0.4) is 0 Å². The van der Waals surface area contributed by atoms with Crippen molar-refractivity contribution in [2.75, 3.05) is 20.1 Å². The van der Waals surface area contributed by atoms with Crippen LogP contribution in [0.4, 0.5) is 4.79 Å². The molecule has 0 aromatic heterocycles. The van der Waals surface area contributed by atoms with Crippen molar-refractivity contribution in [2.45, 2.75) is 32.1 Å². The molecule has 0 spiro atoms. The molecule has 0 bridgehead atoms. The van der Waals surface area contributed by atoms with Gasteiger partial charge in [-0.3, -0.25) is 9.59 Å². The maximum Gasteiger partial charge on any atom is 0.315 e. The Hall–Kier alpha value is -1.79. The van der Waals surface area contributed by atoms with Gasteiger partial charge in [0, 0.05) is 13.6 Å². The molecule has 7 heteroatoms. The van der Waals surface area contributed by atoms with Crippen molar-refractivity contribution in [1.29, 1.82) is 0 Å². The Morgan fingerprint density at radius 2 is 1.74 bits per heavy atom. The third-order valence-corrected chi connectivity index (χ3v) is 3.54. The van der Waals surface area contributed by atoms with Crippen molar-refractivity contribution >= 4 is 17.9 Å². The monoisotopic (exact) mass is 271 g/mol. The van der Waals surface area contributed by atoms with Crippen LogP contribution in [-0.4, -0.2) is 43.2 Å². The van der Waals surface area contributed by atoms with Gasteiger partial charge in [0.1, 0.15) is 0 Å². The van der Waals surface area contributed by atoms with E-state index in [0.29, 0.717) is 12.8 Å². The summed E-state index contributed by atoms with van der Waals surface area (Å²) in [5, 5.41) is 16.6. The second-order valence-electron chi connectivity index (χ2n) is 4.86. The number of aliphatic carboxylic acids is 1. The third kappa shape index (κ3) is 4.42. The summed E-state index contributed by atoms with van der Waals surface area (Å²) in [6.45, 7) is -0.0235. The van der Waals surface area contributed by atoms with Gasteiger partial charge >= 0.3 is 12.0 Å². The smallest absolute Gasteiger partial charge is 0.315 e. The van der Waals surface area contributed by atoms with Gasteiger partial charge in [0.15, 0.2) is 0 Å². The van der Waals surface area contributed by atoms with E-state index in [1.807, 2.05) is 0 Å². The summed E-state index contributed by atoms with van der Waals surface area (Å²) in [4.78, 5) is 33.8. The SMILES string of the molecule is CNC(=O)CNC(=O)NCC1(C(=O)O)CCCCC1. The van der Waals surface area contributed by atoms with Crippen molar-refractivity contribution in [2.24, 2.45) is 5.41 Å². The Bertz CT molecular complexity index is 351. The molecular formula is C12H21N3O4. The molecule has 0 aromatic rings. The first kappa shape index (κ1) is 15.3. The Morgan fingerprint density at radius 3 is 2.26 bits per heavy atom. The average molecular weight is 271 g/mol. The Morgan fingerprint density at radius 1 is 1.11 bits per heavy atom. The lowest BCUT2D eigenvalue weighted by molar-refractivity contribution is -0.150. The largest absolute Gasteiger partial charge is 0.481 e. The lowest BCUT2D eigenvalue weighted by atomic mass is 9.74. The Balaban J connectivity index is 2.41. The van der Waals surface area contributed by atoms with E-state index in [9.17, 15) is 19.5 Å². The molecule has 4 N–H and O–H groups in total. The highest BCUT2D eigenvalue weighted by atomic mass is 16.4. The van der Waals surface area contributed by atoms with Crippen LogP contribution in [-0.2, 0) is 9.59 Å². The van der Waals surface area contributed by atoms with Gasteiger partial charge in [0.2, 0.25) is 5.91 Å². The fraction of sp³-hybridized carbons (Fsp3) is 0.750. The summed E-state index contributed by atoms with van der Waals surface area (Å²) in [6, 6.07) is -0.519. The number of hydrogen-bond acceptors (Lipinski definition) is 3. The van der Waals surface area contributed by atoms with Crippen LogP contribution in [0.15, 0.2) is 0 Å². The fourth-order valence-electron chi connectivity index (χ4n) is 2.26. The van der Waals surface area contributed by atoms with Crippen molar-refractivity contribution in [3.8, 4) is 0 Å². The zero-order valence-corrected chi connectivity index (χ0v) is 11.1. The van der Waals surface area contributed by atoms with E-state index >= 15 is 0 Å². The van der Waals surface area contributed by atoms with Crippen LogP contribution in [0.1, 0.15) is 32.1 Å². The van der Waals surface area contributed by atoms with Crippen LogP contribution in [0.2, 0.25) is 0 Å². The summed E-state index contributed by atoms with van der Waals surface area (Å²) in [6.07, 6.45) is 3.94. The molecule has 0 aliphatic heterocycles. The minimum atomic E-state index is -0.862. The number of carboxylic acid groups (broad SMARTS) is 1. The van der Waals surface area contributed by atoms with Gasteiger partial charge in [-0.1, -0.05) is 19.3 Å². The predicted molar refractivity (Wildman–Crippen MR) is 68.6 cm³/mol. The van der Waals surface area contributed by atoms with Gasteiger partial charge in [-0.2, -0.15) is 0 Å². The molecule has 108 valence electrons. The lowest BCUT2D eigenvalue weighted by Crippen LogP contribution is -2.48. The van der Waals surface area contributed by atoms with E-state index in [0.717, 1.165) is 19.3 Å². The highest BCUT2D eigenvalue weighted by Crippen LogP contribution is 2.35.